The van der Waals surface area contributed by atoms with Crippen molar-refractivity contribution >= 4 is 33.4 Å². The van der Waals surface area contributed by atoms with Crippen LogP contribution in [0.2, 0.25) is 0 Å². The Morgan fingerprint density at radius 2 is 1.62 bits per heavy atom. The van der Waals surface area contributed by atoms with Crippen molar-refractivity contribution in [3.63, 3.8) is 0 Å². The van der Waals surface area contributed by atoms with E-state index in [1.165, 1.54) is 55.5 Å². The molecule has 282 valence electrons. The predicted molar refractivity (Wildman–Crippen MR) is 177 cm³/mol. The number of halogens is 5. The fraction of sp³-hybridized carbons (Fsp3) is 0.400. The molecular weight excluding hydrogens is 719 g/mol. The summed E-state index contributed by atoms with van der Waals surface area (Å²) < 4.78 is 105. The van der Waals surface area contributed by atoms with Gasteiger partial charge in [0.15, 0.2) is 9.84 Å². The number of anilines is 1. The summed E-state index contributed by atoms with van der Waals surface area (Å²) in [6.07, 6.45) is -5.55. The van der Waals surface area contributed by atoms with Crippen LogP contribution < -0.4 is 15.0 Å². The molecule has 0 aliphatic carbocycles. The Hall–Kier alpha value is -4.77. The summed E-state index contributed by atoms with van der Waals surface area (Å²) in [6.45, 7) is -1.89. The normalized spacial score (nSPS) is 16.8. The van der Waals surface area contributed by atoms with Crippen LogP contribution in [0.4, 0.5) is 27.6 Å². The van der Waals surface area contributed by atoms with E-state index < -0.39 is 70.6 Å². The standard InChI is InChI=1S/C35H37F5N2O9S/c1-2-52(47,48)29-13-5-22(6-14-29)30(17-18-49-32(45)16-15-31(43)44)41-33(46)23-3-9-25(10-4-23)42-20-28(19-26(42)21-50-34(36)37)51-27-11-7-24(8-12-27)35(38,39)40/h3-14,26,28,30,34H,2,15-21H2,1H3,(H,41,46)(H,43,44)/t26-,28-,30-/m0/s1. The first-order chi connectivity index (χ1) is 24.5. The summed E-state index contributed by atoms with van der Waals surface area (Å²) >= 11 is 0. The van der Waals surface area contributed by atoms with Gasteiger partial charge in [0.1, 0.15) is 11.9 Å². The molecule has 3 aromatic carbocycles. The number of hydrogen-bond acceptors (Lipinski definition) is 9. The molecule has 3 atom stereocenters. The van der Waals surface area contributed by atoms with Crippen LogP contribution in [0.5, 0.6) is 5.75 Å². The van der Waals surface area contributed by atoms with Gasteiger partial charge in [0.2, 0.25) is 0 Å². The average molecular weight is 757 g/mol. The number of carboxylic acid groups (broad SMARTS) is 1. The van der Waals surface area contributed by atoms with Crippen molar-refractivity contribution in [3.05, 3.63) is 89.5 Å². The van der Waals surface area contributed by atoms with Crippen LogP contribution in [0.25, 0.3) is 0 Å². The Morgan fingerprint density at radius 3 is 2.19 bits per heavy atom. The number of sulfone groups is 1. The monoisotopic (exact) mass is 756 g/mol. The maximum Gasteiger partial charge on any atom is 0.416 e. The smallest absolute Gasteiger partial charge is 0.416 e. The molecule has 52 heavy (non-hydrogen) atoms. The summed E-state index contributed by atoms with van der Waals surface area (Å²) in [5.41, 5.74) is 0.410. The van der Waals surface area contributed by atoms with Gasteiger partial charge in [0, 0.05) is 24.1 Å². The lowest BCUT2D eigenvalue weighted by Crippen LogP contribution is -2.34. The van der Waals surface area contributed by atoms with Gasteiger partial charge < -0.3 is 29.5 Å². The second-order valence-electron chi connectivity index (χ2n) is 11.8. The molecule has 0 radical (unpaired) electrons. The number of benzene rings is 3. The number of rotatable bonds is 17. The van der Waals surface area contributed by atoms with Gasteiger partial charge in [-0.1, -0.05) is 19.1 Å². The number of nitrogens with zero attached hydrogens (tertiary/aromatic N) is 1. The molecule has 1 amide bonds. The van der Waals surface area contributed by atoms with Gasteiger partial charge in [-0.15, -0.1) is 0 Å². The van der Waals surface area contributed by atoms with E-state index in [1.54, 1.807) is 17.0 Å². The van der Waals surface area contributed by atoms with Gasteiger partial charge >= 0.3 is 24.7 Å². The molecule has 1 aliphatic heterocycles. The molecule has 0 spiro atoms. The molecule has 2 N–H and O–H groups in total. The largest absolute Gasteiger partial charge is 0.489 e. The topological polar surface area (TPSA) is 149 Å². The highest BCUT2D eigenvalue weighted by atomic mass is 32.2. The lowest BCUT2D eigenvalue weighted by Gasteiger charge is -2.26. The summed E-state index contributed by atoms with van der Waals surface area (Å²) in [5, 5.41) is 11.6. The maximum atomic E-state index is 13.4. The van der Waals surface area contributed by atoms with Crippen LogP contribution in [0.15, 0.2) is 77.7 Å². The van der Waals surface area contributed by atoms with Gasteiger partial charge in [0.05, 0.1) is 60.9 Å². The Bertz CT molecular complexity index is 1770. The van der Waals surface area contributed by atoms with E-state index in [2.05, 4.69) is 10.1 Å². The van der Waals surface area contributed by atoms with Gasteiger partial charge in [-0.05, 0) is 66.2 Å². The molecule has 0 bridgehead atoms. The number of amides is 1. The van der Waals surface area contributed by atoms with Crippen molar-refractivity contribution in [2.24, 2.45) is 0 Å². The molecule has 1 heterocycles. The zero-order chi connectivity index (χ0) is 38.1. The molecule has 0 saturated carbocycles. The fourth-order valence-electron chi connectivity index (χ4n) is 5.55. The average Bonchev–Trinajstić information content (AvgIpc) is 3.51. The summed E-state index contributed by atoms with van der Waals surface area (Å²) in [6, 6.07) is 14.8. The van der Waals surface area contributed by atoms with E-state index in [0.29, 0.717) is 11.3 Å². The highest BCUT2D eigenvalue weighted by molar-refractivity contribution is 7.91. The number of nitrogens with one attached hydrogen (secondary N) is 1. The van der Waals surface area contributed by atoms with Crippen molar-refractivity contribution in [3.8, 4) is 5.75 Å². The third-order valence-corrected chi connectivity index (χ3v) is 10.0. The van der Waals surface area contributed by atoms with E-state index in [4.69, 9.17) is 14.6 Å². The minimum absolute atomic E-state index is 0.0718. The highest BCUT2D eigenvalue weighted by Gasteiger charge is 2.35. The van der Waals surface area contributed by atoms with Crippen LogP contribution in [0.3, 0.4) is 0 Å². The Morgan fingerprint density at radius 1 is 0.962 bits per heavy atom. The number of carboxylic acids is 1. The van der Waals surface area contributed by atoms with Gasteiger partial charge in [0.25, 0.3) is 5.91 Å². The van der Waals surface area contributed by atoms with Crippen LogP contribution in [0.1, 0.15) is 60.1 Å². The first-order valence-corrected chi connectivity index (χ1v) is 17.8. The van der Waals surface area contributed by atoms with Crippen molar-refractivity contribution in [1.29, 1.82) is 0 Å². The quantitative estimate of drug-likeness (QED) is 0.124. The minimum Gasteiger partial charge on any atom is -0.489 e. The number of aliphatic carboxylic acids is 1. The predicted octanol–water partition coefficient (Wildman–Crippen LogP) is 6.03. The Labute approximate surface area is 296 Å². The van der Waals surface area contributed by atoms with E-state index in [-0.39, 0.29) is 61.0 Å². The molecule has 3 aromatic rings. The molecule has 1 saturated heterocycles. The lowest BCUT2D eigenvalue weighted by atomic mass is 10.0. The number of alkyl halides is 5. The molecular formula is C35H37F5N2O9S. The zero-order valence-electron chi connectivity index (χ0n) is 27.9. The number of carbonyl (C=O) groups excluding carboxylic acids is 2. The molecule has 0 unspecified atom stereocenters. The third kappa shape index (κ3) is 11.4. The minimum atomic E-state index is -4.52. The van der Waals surface area contributed by atoms with Gasteiger partial charge in [-0.2, -0.15) is 22.0 Å². The Balaban J connectivity index is 1.47. The van der Waals surface area contributed by atoms with Crippen LogP contribution >= 0.6 is 0 Å². The number of carbonyl (C=O) groups is 3. The first-order valence-electron chi connectivity index (χ1n) is 16.2. The molecule has 4 rings (SSSR count). The second kappa shape index (κ2) is 17.6. The van der Waals surface area contributed by atoms with Crippen molar-refractivity contribution < 1.29 is 64.1 Å². The van der Waals surface area contributed by atoms with Crippen molar-refractivity contribution in [1.82, 2.24) is 5.32 Å². The van der Waals surface area contributed by atoms with E-state index in [0.717, 1.165) is 12.1 Å². The van der Waals surface area contributed by atoms with E-state index in [1.807, 2.05) is 0 Å². The van der Waals surface area contributed by atoms with Crippen LogP contribution in [0, 0.1) is 0 Å². The van der Waals surface area contributed by atoms with Crippen molar-refractivity contribution in [2.45, 2.75) is 68.5 Å². The van der Waals surface area contributed by atoms with Gasteiger partial charge in [-0.25, -0.2) is 8.42 Å². The van der Waals surface area contributed by atoms with Crippen LogP contribution in [-0.4, -0.2) is 75.6 Å². The lowest BCUT2D eigenvalue weighted by molar-refractivity contribution is -0.147. The molecule has 1 fully saturated rings. The molecule has 11 nitrogen and oxygen atoms in total. The number of esters is 1. The summed E-state index contributed by atoms with van der Waals surface area (Å²) in [5.74, 6) is -2.38. The third-order valence-electron chi connectivity index (χ3n) is 8.28. The second-order valence-corrected chi connectivity index (χ2v) is 14.1. The molecule has 0 aromatic heterocycles. The van der Waals surface area contributed by atoms with E-state index >= 15 is 0 Å². The highest BCUT2D eigenvalue weighted by Crippen LogP contribution is 2.33. The summed E-state index contributed by atoms with van der Waals surface area (Å²) in [7, 11) is -3.50. The van der Waals surface area contributed by atoms with Crippen molar-refractivity contribution in [2.75, 3.05) is 30.4 Å². The fourth-order valence-corrected chi connectivity index (χ4v) is 6.43. The Kier molecular flexibility index (Phi) is 13.6. The zero-order valence-corrected chi connectivity index (χ0v) is 28.7. The first kappa shape index (κ1) is 40.0. The number of ether oxygens (including phenoxy) is 3. The van der Waals surface area contributed by atoms with E-state index in [9.17, 15) is 44.8 Å². The number of hydrogen-bond donors (Lipinski definition) is 2. The molecule has 17 heteroatoms. The maximum absolute atomic E-state index is 13.4. The van der Waals surface area contributed by atoms with Gasteiger partial charge in [-0.3, -0.25) is 14.4 Å². The SMILES string of the molecule is CCS(=O)(=O)c1ccc([C@H](CCOC(=O)CCC(=O)O)NC(=O)c2ccc(N3C[C@@H](Oc4ccc(C(F)(F)F)cc4)C[C@H]3COC(F)F)cc2)cc1. The van der Waals surface area contributed by atoms with Crippen LogP contribution in [-0.2, 0) is 35.1 Å². The molecule has 1 aliphatic rings. The summed E-state index contributed by atoms with van der Waals surface area (Å²) in [4.78, 5) is 38.0.